The van der Waals surface area contributed by atoms with Gasteiger partial charge in [0.05, 0.1) is 0 Å². The number of rotatable bonds is 6. The highest BCUT2D eigenvalue weighted by atomic mass is 127. The molecule has 0 saturated heterocycles. The molecular weight excluding hydrogens is 225 g/mol. The summed E-state index contributed by atoms with van der Waals surface area (Å²) in [4.78, 5) is 0. The monoisotopic (exact) mass is 241 g/mol. The van der Waals surface area contributed by atoms with Crippen LogP contribution in [-0.2, 0) is 0 Å². The molecule has 0 atom stereocenters. The number of halogens is 1. The Labute approximate surface area is 71.5 Å². The lowest BCUT2D eigenvalue weighted by Crippen LogP contribution is -1.97. The van der Waals surface area contributed by atoms with Crippen molar-refractivity contribution >= 4 is 22.6 Å². The fourth-order valence-electron chi connectivity index (χ4n) is 0.769. The molecule has 2 N–H and O–H groups in total. The Kier molecular flexibility index (Phi) is 9.36. The Morgan fingerprint density at radius 3 is 2.00 bits per heavy atom. The molecule has 0 rings (SSSR count). The summed E-state index contributed by atoms with van der Waals surface area (Å²) in [7, 11) is 0. The normalized spacial score (nSPS) is 10.0. The van der Waals surface area contributed by atoms with E-state index in [0.29, 0.717) is 0 Å². The van der Waals surface area contributed by atoms with Gasteiger partial charge in [0.15, 0.2) is 0 Å². The highest BCUT2D eigenvalue weighted by molar-refractivity contribution is 14.1. The van der Waals surface area contributed by atoms with Crippen LogP contribution in [0.5, 0.6) is 0 Å². The topological polar surface area (TPSA) is 26.0 Å². The first-order valence-corrected chi connectivity index (χ1v) is 5.20. The molecule has 0 unspecified atom stereocenters. The molecule has 56 valence electrons. The minimum absolute atomic E-state index is 0.865. The third-order valence-electron chi connectivity index (χ3n) is 1.34. The van der Waals surface area contributed by atoms with Gasteiger partial charge in [-0.3, -0.25) is 0 Å². The van der Waals surface area contributed by atoms with Crippen molar-refractivity contribution in [3.05, 3.63) is 0 Å². The summed E-state index contributed by atoms with van der Waals surface area (Å²) in [5.41, 5.74) is 5.34. The molecule has 0 aromatic rings. The zero-order valence-corrected chi connectivity index (χ0v) is 8.06. The van der Waals surface area contributed by atoms with E-state index in [-0.39, 0.29) is 0 Å². The third-order valence-corrected chi connectivity index (χ3v) is 2.10. The van der Waals surface area contributed by atoms with Crippen LogP contribution in [0.1, 0.15) is 32.1 Å². The first-order valence-electron chi connectivity index (χ1n) is 3.68. The lowest BCUT2D eigenvalue weighted by Gasteiger charge is -1.95. The molecule has 0 amide bonds. The number of unbranched alkanes of at least 4 members (excludes halogenated alkanes) is 4. The van der Waals surface area contributed by atoms with E-state index in [1.54, 1.807) is 0 Å². The lowest BCUT2D eigenvalue weighted by atomic mass is 10.2. The summed E-state index contributed by atoms with van der Waals surface area (Å²) >= 11 is 2.42. The Balaban J connectivity index is 2.60. The van der Waals surface area contributed by atoms with Gasteiger partial charge in [-0.15, -0.1) is 0 Å². The van der Waals surface area contributed by atoms with E-state index >= 15 is 0 Å². The number of alkyl halides is 1. The average molecular weight is 241 g/mol. The molecule has 0 heterocycles. The van der Waals surface area contributed by atoms with E-state index in [1.165, 1.54) is 36.5 Å². The van der Waals surface area contributed by atoms with Gasteiger partial charge in [0.25, 0.3) is 0 Å². The molecule has 0 spiro atoms. The quantitative estimate of drug-likeness (QED) is 0.431. The van der Waals surface area contributed by atoms with Crippen LogP contribution in [0.3, 0.4) is 0 Å². The average Bonchev–Trinajstić information content (AvgIpc) is 1.89. The van der Waals surface area contributed by atoms with Crippen LogP contribution in [0, 0.1) is 0 Å². The molecule has 1 nitrogen and oxygen atoms in total. The van der Waals surface area contributed by atoms with Crippen LogP contribution >= 0.6 is 22.6 Å². The van der Waals surface area contributed by atoms with E-state index in [0.717, 1.165) is 6.54 Å². The van der Waals surface area contributed by atoms with Crippen LogP contribution in [0.2, 0.25) is 0 Å². The molecule has 0 aromatic carbocycles. The van der Waals surface area contributed by atoms with Crippen molar-refractivity contribution in [2.75, 3.05) is 11.0 Å². The summed E-state index contributed by atoms with van der Waals surface area (Å²) in [6.45, 7) is 0.865. The summed E-state index contributed by atoms with van der Waals surface area (Å²) in [6, 6.07) is 0. The molecule has 0 aliphatic heterocycles. The Bertz CT molecular complexity index is 42.2. The molecule has 0 aliphatic rings. The van der Waals surface area contributed by atoms with Crippen molar-refractivity contribution in [2.45, 2.75) is 32.1 Å². The highest BCUT2D eigenvalue weighted by Gasteiger charge is 1.86. The maximum atomic E-state index is 5.34. The van der Waals surface area contributed by atoms with Gasteiger partial charge in [0, 0.05) is 0 Å². The lowest BCUT2D eigenvalue weighted by molar-refractivity contribution is 0.642. The van der Waals surface area contributed by atoms with E-state index in [4.69, 9.17) is 5.73 Å². The first kappa shape index (κ1) is 9.69. The predicted molar refractivity (Wildman–Crippen MR) is 51.0 cm³/mol. The zero-order valence-electron chi connectivity index (χ0n) is 5.91. The van der Waals surface area contributed by atoms with Crippen molar-refractivity contribution in [3.8, 4) is 0 Å². The molecule has 0 saturated carbocycles. The fourth-order valence-corrected chi connectivity index (χ4v) is 1.31. The molecule has 0 fully saturated rings. The standard InChI is InChI=1S/C7H16IN/c8-6-4-2-1-3-5-7-9/h1-7,9H2. The molecule has 0 aromatic heterocycles. The number of nitrogens with two attached hydrogens (primary N) is 1. The fraction of sp³-hybridized carbons (Fsp3) is 1.00. The molecule has 2 heteroatoms. The van der Waals surface area contributed by atoms with Gasteiger partial charge in [-0.05, 0) is 23.8 Å². The Hall–Kier alpha value is 0.690. The summed E-state index contributed by atoms with van der Waals surface area (Å²) < 4.78 is 1.31. The van der Waals surface area contributed by atoms with Crippen molar-refractivity contribution in [1.82, 2.24) is 0 Å². The third kappa shape index (κ3) is 8.69. The molecule has 0 bridgehead atoms. The largest absolute Gasteiger partial charge is 0.330 e. The van der Waals surface area contributed by atoms with Gasteiger partial charge in [-0.2, -0.15) is 0 Å². The molecule has 0 radical (unpaired) electrons. The summed E-state index contributed by atoms with van der Waals surface area (Å²) in [5.74, 6) is 0. The molecule has 9 heavy (non-hydrogen) atoms. The van der Waals surface area contributed by atoms with Crippen LogP contribution in [0.25, 0.3) is 0 Å². The molecular formula is C7H16IN. The van der Waals surface area contributed by atoms with E-state index < -0.39 is 0 Å². The second kappa shape index (κ2) is 8.69. The van der Waals surface area contributed by atoms with Crippen molar-refractivity contribution in [1.29, 1.82) is 0 Å². The minimum Gasteiger partial charge on any atom is -0.330 e. The number of hydrogen-bond donors (Lipinski definition) is 1. The highest BCUT2D eigenvalue weighted by Crippen LogP contribution is 2.03. The van der Waals surface area contributed by atoms with Crippen molar-refractivity contribution < 1.29 is 0 Å². The SMILES string of the molecule is NCCCCCCCI. The van der Waals surface area contributed by atoms with Gasteiger partial charge in [0.2, 0.25) is 0 Å². The zero-order chi connectivity index (χ0) is 6.95. The van der Waals surface area contributed by atoms with Crippen molar-refractivity contribution in [2.24, 2.45) is 5.73 Å². The summed E-state index contributed by atoms with van der Waals surface area (Å²) in [6.07, 6.45) is 6.68. The van der Waals surface area contributed by atoms with Crippen LogP contribution < -0.4 is 5.73 Å². The Morgan fingerprint density at radius 1 is 0.889 bits per heavy atom. The smallest absolute Gasteiger partial charge is 0.000473 e. The maximum Gasteiger partial charge on any atom is -0.000473 e. The van der Waals surface area contributed by atoms with Gasteiger partial charge in [0.1, 0.15) is 0 Å². The van der Waals surface area contributed by atoms with E-state index in [1.807, 2.05) is 0 Å². The second-order valence-corrected chi connectivity index (χ2v) is 3.32. The molecule has 0 aliphatic carbocycles. The first-order chi connectivity index (χ1) is 4.41. The van der Waals surface area contributed by atoms with Gasteiger partial charge in [-0.1, -0.05) is 41.9 Å². The maximum absolute atomic E-state index is 5.34. The summed E-state index contributed by atoms with van der Waals surface area (Å²) in [5, 5.41) is 0. The van der Waals surface area contributed by atoms with Gasteiger partial charge < -0.3 is 5.73 Å². The van der Waals surface area contributed by atoms with E-state index in [2.05, 4.69) is 22.6 Å². The van der Waals surface area contributed by atoms with Gasteiger partial charge in [-0.25, -0.2) is 0 Å². The van der Waals surface area contributed by atoms with Gasteiger partial charge >= 0.3 is 0 Å². The van der Waals surface area contributed by atoms with Crippen LogP contribution in [-0.4, -0.2) is 11.0 Å². The Morgan fingerprint density at radius 2 is 1.44 bits per heavy atom. The second-order valence-electron chi connectivity index (χ2n) is 2.25. The van der Waals surface area contributed by atoms with Crippen molar-refractivity contribution in [3.63, 3.8) is 0 Å². The van der Waals surface area contributed by atoms with Crippen LogP contribution in [0.4, 0.5) is 0 Å². The van der Waals surface area contributed by atoms with Crippen LogP contribution in [0.15, 0.2) is 0 Å². The van der Waals surface area contributed by atoms with E-state index in [9.17, 15) is 0 Å². The predicted octanol–water partition coefficient (Wildman–Crippen LogP) is 2.33. The minimum atomic E-state index is 0.865. The number of hydrogen-bond acceptors (Lipinski definition) is 1.